The van der Waals surface area contributed by atoms with Crippen LogP contribution in [0.5, 0.6) is 0 Å². The van der Waals surface area contributed by atoms with E-state index in [0.29, 0.717) is 24.4 Å². The third-order valence-electron chi connectivity index (χ3n) is 4.62. The minimum absolute atomic E-state index is 0.0297. The molecule has 0 saturated heterocycles. The monoisotopic (exact) mass is 430 g/mol. The van der Waals surface area contributed by atoms with Crippen molar-refractivity contribution in [2.24, 2.45) is 0 Å². The summed E-state index contributed by atoms with van der Waals surface area (Å²) in [6.07, 6.45) is 1.02. The average molecular weight is 431 g/mol. The lowest BCUT2D eigenvalue weighted by Crippen LogP contribution is -2.38. The van der Waals surface area contributed by atoms with Crippen molar-refractivity contribution in [3.05, 3.63) is 74.3 Å². The fourth-order valence-corrected chi connectivity index (χ4v) is 3.19. The number of benzene rings is 2. The Morgan fingerprint density at radius 3 is 2.37 bits per heavy atom. The fraction of sp³-hybridized carbons (Fsp3) is 0.250. The lowest BCUT2D eigenvalue weighted by atomic mass is 10.1. The van der Waals surface area contributed by atoms with Crippen molar-refractivity contribution >= 4 is 35.1 Å². The number of non-ortho nitro benzene ring substituents is 1. The highest BCUT2D eigenvalue weighted by Gasteiger charge is 2.36. The van der Waals surface area contributed by atoms with E-state index in [4.69, 9.17) is 11.6 Å². The fourth-order valence-electron chi connectivity index (χ4n) is 3.07. The molecule has 3 rings (SSSR count). The van der Waals surface area contributed by atoms with Crippen LogP contribution in [0.25, 0.3) is 0 Å². The Morgan fingerprint density at radius 1 is 1.00 bits per heavy atom. The maximum Gasteiger partial charge on any atom is 0.314 e. The van der Waals surface area contributed by atoms with Crippen LogP contribution >= 0.6 is 11.6 Å². The molecule has 0 aliphatic carbocycles. The molecule has 0 fully saturated rings. The molecule has 0 aromatic heterocycles. The summed E-state index contributed by atoms with van der Waals surface area (Å²) in [5.74, 6) is -1.05. The number of carbonyl (C=O) groups is 3. The van der Waals surface area contributed by atoms with Crippen LogP contribution in [0.15, 0.2) is 42.5 Å². The molecule has 0 spiro atoms. The van der Waals surface area contributed by atoms with Gasteiger partial charge in [-0.1, -0.05) is 23.7 Å². The topological polar surface area (TPSA) is 122 Å². The van der Waals surface area contributed by atoms with E-state index in [1.165, 1.54) is 12.1 Å². The lowest BCUT2D eigenvalue weighted by molar-refractivity contribution is -0.384. The smallest absolute Gasteiger partial charge is 0.314 e. The highest BCUT2D eigenvalue weighted by atomic mass is 35.5. The second kappa shape index (κ2) is 9.36. The first-order valence-corrected chi connectivity index (χ1v) is 9.65. The third-order valence-corrected chi connectivity index (χ3v) is 4.87. The number of amides is 4. The van der Waals surface area contributed by atoms with Crippen LogP contribution in [0.1, 0.15) is 32.7 Å². The molecule has 2 aromatic carbocycles. The van der Waals surface area contributed by atoms with Crippen LogP contribution in [0.2, 0.25) is 5.02 Å². The van der Waals surface area contributed by atoms with Crippen molar-refractivity contribution in [3.63, 3.8) is 0 Å². The number of nitrogens with one attached hydrogen (secondary N) is 2. The van der Waals surface area contributed by atoms with Gasteiger partial charge in [-0.25, -0.2) is 4.79 Å². The average Bonchev–Trinajstić information content (AvgIpc) is 2.96. The Hall–Kier alpha value is -3.46. The van der Waals surface area contributed by atoms with Crippen LogP contribution in [0, 0.1) is 10.1 Å². The van der Waals surface area contributed by atoms with Crippen molar-refractivity contribution in [3.8, 4) is 0 Å². The van der Waals surface area contributed by atoms with E-state index in [-0.39, 0.29) is 35.9 Å². The summed E-state index contributed by atoms with van der Waals surface area (Å²) in [5.41, 5.74) is 0.986. The lowest BCUT2D eigenvalue weighted by Gasteiger charge is -2.14. The summed E-state index contributed by atoms with van der Waals surface area (Å²) in [6, 6.07) is 10.6. The van der Waals surface area contributed by atoms with Crippen LogP contribution < -0.4 is 10.6 Å². The van der Waals surface area contributed by atoms with E-state index < -0.39 is 16.7 Å². The summed E-state index contributed by atoms with van der Waals surface area (Å²) >= 11 is 5.83. The van der Waals surface area contributed by atoms with E-state index in [1.807, 2.05) is 12.1 Å². The number of nitrogens with zero attached hydrogens (tertiary/aromatic N) is 2. The summed E-state index contributed by atoms with van der Waals surface area (Å²) < 4.78 is 0. The normalized spacial score (nSPS) is 12.6. The van der Waals surface area contributed by atoms with Gasteiger partial charge in [0, 0.05) is 36.8 Å². The quantitative estimate of drug-likeness (QED) is 0.288. The summed E-state index contributed by atoms with van der Waals surface area (Å²) in [7, 11) is 0. The van der Waals surface area contributed by atoms with Gasteiger partial charge in [0.1, 0.15) is 0 Å². The Bertz CT molecular complexity index is 993. The number of halogens is 1. The number of carbonyl (C=O) groups excluding carboxylic acids is 3. The molecule has 0 atom stereocenters. The summed E-state index contributed by atoms with van der Waals surface area (Å²) in [5, 5.41) is 16.9. The van der Waals surface area contributed by atoms with Gasteiger partial charge >= 0.3 is 6.03 Å². The van der Waals surface area contributed by atoms with Gasteiger partial charge in [0.25, 0.3) is 17.5 Å². The number of imide groups is 1. The highest BCUT2D eigenvalue weighted by molar-refractivity contribution is 6.30. The molecular weight excluding hydrogens is 412 g/mol. The van der Waals surface area contributed by atoms with E-state index in [9.17, 15) is 24.5 Å². The van der Waals surface area contributed by atoms with E-state index in [0.717, 1.165) is 16.5 Å². The molecule has 1 aliphatic heterocycles. The molecule has 1 heterocycles. The van der Waals surface area contributed by atoms with Gasteiger partial charge in [-0.05, 0) is 36.6 Å². The second-order valence-electron chi connectivity index (χ2n) is 6.66. The van der Waals surface area contributed by atoms with Gasteiger partial charge < -0.3 is 10.6 Å². The Balaban J connectivity index is 1.40. The number of hydrogen-bond donors (Lipinski definition) is 2. The number of nitro groups is 1. The zero-order valence-corrected chi connectivity index (χ0v) is 16.6. The largest absolute Gasteiger partial charge is 0.338 e. The van der Waals surface area contributed by atoms with Crippen molar-refractivity contribution in [2.75, 3.05) is 19.6 Å². The molecule has 4 amide bonds. The van der Waals surface area contributed by atoms with E-state index >= 15 is 0 Å². The number of nitro benzene ring substituents is 1. The van der Waals surface area contributed by atoms with Crippen LogP contribution in [-0.2, 0) is 6.42 Å². The first kappa shape index (κ1) is 21.3. The number of fused-ring (bicyclic) bond motifs is 1. The van der Waals surface area contributed by atoms with Gasteiger partial charge in [0.2, 0.25) is 0 Å². The molecule has 0 radical (unpaired) electrons. The highest BCUT2D eigenvalue weighted by Crippen LogP contribution is 2.26. The van der Waals surface area contributed by atoms with Crippen molar-refractivity contribution < 1.29 is 19.3 Å². The predicted octanol–water partition coefficient (Wildman–Crippen LogP) is 2.78. The maximum atomic E-state index is 12.4. The molecule has 9 nitrogen and oxygen atoms in total. The molecule has 0 unspecified atom stereocenters. The van der Waals surface area contributed by atoms with Crippen LogP contribution in [0.4, 0.5) is 10.5 Å². The first-order valence-electron chi connectivity index (χ1n) is 9.27. The van der Waals surface area contributed by atoms with Gasteiger partial charge in [-0.15, -0.1) is 0 Å². The van der Waals surface area contributed by atoms with E-state index in [2.05, 4.69) is 10.6 Å². The molecule has 2 N–H and O–H groups in total. The molecule has 10 heteroatoms. The molecule has 0 saturated carbocycles. The molecular formula is C20H19ClN4O5. The van der Waals surface area contributed by atoms with Gasteiger partial charge in [0.05, 0.1) is 16.1 Å². The number of rotatable bonds is 8. The number of urea groups is 1. The SMILES string of the molecule is O=C(NCCCN1C(=O)c2ccc([N+](=O)[O-])cc2C1=O)NCCc1ccc(Cl)cc1. The number of hydrogen-bond acceptors (Lipinski definition) is 5. The first-order chi connectivity index (χ1) is 14.4. The Morgan fingerprint density at radius 2 is 1.67 bits per heavy atom. The standard InChI is InChI=1S/C20H19ClN4O5/c21-14-4-2-13(3-5-14)8-10-23-20(28)22-9-1-11-24-18(26)16-7-6-15(25(29)30)12-17(16)19(24)27/h2-7,12H,1,8-11H2,(H2,22,23,28). The molecule has 156 valence electrons. The third kappa shape index (κ3) is 4.93. The zero-order valence-electron chi connectivity index (χ0n) is 15.9. The minimum Gasteiger partial charge on any atom is -0.338 e. The van der Waals surface area contributed by atoms with Gasteiger partial charge in [-0.3, -0.25) is 24.6 Å². The maximum absolute atomic E-state index is 12.4. The molecule has 0 bridgehead atoms. The zero-order chi connectivity index (χ0) is 21.7. The Kier molecular flexibility index (Phi) is 6.63. The predicted molar refractivity (Wildman–Crippen MR) is 110 cm³/mol. The van der Waals surface area contributed by atoms with E-state index in [1.54, 1.807) is 12.1 Å². The molecule has 2 aromatic rings. The Labute approximate surface area is 177 Å². The molecule has 30 heavy (non-hydrogen) atoms. The summed E-state index contributed by atoms with van der Waals surface area (Å²) in [6.45, 7) is 0.816. The van der Waals surface area contributed by atoms with Gasteiger partial charge in [0.15, 0.2) is 0 Å². The summed E-state index contributed by atoms with van der Waals surface area (Å²) in [4.78, 5) is 47.8. The van der Waals surface area contributed by atoms with Crippen LogP contribution in [0.3, 0.4) is 0 Å². The van der Waals surface area contributed by atoms with Crippen molar-refractivity contribution in [1.29, 1.82) is 0 Å². The molecule has 1 aliphatic rings. The van der Waals surface area contributed by atoms with Crippen LogP contribution in [-0.4, -0.2) is 47.3 Å². The van der Waals surface area contributed by atoms with Gasteiger partial charge in [-0.2, -0.15) is 0 Å². The second-order valence-corrected chi connectivity index (χ2v) is 7.10. The van der Waals surface area contributed by atoms with Crippen molar-refractivity contribution in [1.82, 2.24) is 15.5 Å². The van der Waals surface area contributed by atoms with Crippen molar-refractivity contribution in [2.45, 2.75) is 12.8 Å². The minimum atomic E-state index is -0.615.